The smallest absolute Gasteiger partial charge is 0.118 e. The summed E-state index contributed by atoms with van der Waals surface area (Å²) < 4.78 is 8.05. The van der Waals surface area contributed by atoms with Crippen molar-refractivity contribution in [2.75, 3.05) is 13.7 Å². The van der Waals surface area contributed by atoms with Gasteiger partial charge in [0.15, 0.2) is 0 Å². The molecule has 4 nitrogen and oxygen atoms in total. The molecule has 0 aliphatic carbocycles. The average molecular weight is 353 g/mol. The monoisotopic (exact) mass is 352 g/mol. The lowest BCUT2D eigenvalue weighted by Gasteiger charge is -2.28. The molecule has 1 heterocycles. The molecule has 5 heteroatoms. The topological polar surface area (TPSA) is 47.3 Å². The van der Waals surface area contributed by atoms with E-state index in [1.165, 1.54) is 0 Å². The Kier molecular flexibility index (Phi) is 5.19. The molecule has 2 aromatic rings. The Hall–Kier alpha value is -1.17. The first-order valence-corrected chi connectivity index (χ1v) is 7.78. The molecule has 0 saturated carbocycles. The van der Waals surface area contributed by atoms with Crippen LogP contribution in [0, 0.1) is 0 Å². The Morgan fingerprint density at radius 1 is 1.33 bits per heavy atom. The quantitative estimate of drug-likeness (QED) is 0.869. The molecule has 0 amide bonds. The van der Waals surface area contributed by atoms with Gasteiger partial charge in [0.25, 0.3) is 0 Å². The molecular formula is C16H21BrN2O2. The molecule has 0 fully saturated rings. The summed E-state index contributed by atoms with van der Waals surface area (Å²) in [5, 5.41) is 15.6. The van der Waals surface area contributed by atoms with E-state index in [1.54, 1.807) is 7.11 Å². The van der Waals surface area contributed by atoms with Crippen molar-refractivity contribution in [1.29, 1.82) is 0 Å². The van der Waals surface area contributed by atoms with Gasteiger partial charge in [-0.05, 0) is 27.9 Å². The van der Waals surface area contributed by atoms with Gasteiger partial charge in [0.1, 0.15) is 5.60 Å². The zero-order valence-corrected chi connectivity index (χ0v) is 14.2. The Labute approximate surface area is 133 Å². The zero-order chi connectivity index (χ0) is 15.5. The third-order valence-electron chi connectivity index (χ3n) is 3.66. The van der Waals surface area contributed by atoms with Gasteiger partial charge in [0, 0.05) is 20.6 Å². The first-order chi connectivity index (χ1) is 10.0. The van der Waals surface area contributed by atoms with Crippen molar-refractivity contribution < 1.29 is 9.84 Å². The number of aryl methyl sites for hydroxylation is 2. The standard InChI is InChI=1S/C16H21BrN2O2/c1-4-13-15(17)14(19(2)18-13)10-16(20,11-21-3)12-8-6-5-7-9-12/h5-9,20H,4,10-11H2,1-3H3. The highest BCUT2D eigenvalue weighted by Crippen LogP contribution is 2.31. The van der Waals surface area contributed by atoms with Crippen molar-refractivity contribution >= 4 is 15.9 Å². The Morgan fingerprint density at radius 3 is 2.52 bits per heavy atom. The first kappa shape index (κ1) is 16.2. The van der Waals surface area contributed by atoms with Crippen LogP contribution in [0.3, 0.4) is 0 Å². The van der Waals surface area contributed by atoms with E-state index in [9.17, 15) is 5.11 Å². The Morgan fingerprint density at radius 2 is 2.00 bits per heavy atom. The molecular weight excluding hydrogens is 332 g/mol. The number of methoxy groups -OCH3 is 1. The van der Waals surface area contributed by atoms with Gasteiger partial charge in [0.05, 0.1) is 22.5 Å². The molecule has 0 aliphatic heterocycles. The van der Waals surface area contributed by atoms with Crippen LogP contribution < -0.4 is 0 Å². The second kappa shape index (κ2) is 6.73. The van der Waals surface area contributed by atoms with E-state index < -0.39 is 5.60 Å². The Bertz CT molecular complexity index is 598. The van der Waals surface area contributed by atoms with Crippen LogP contribution in [-0.4, -0.2) is 28.6 Å². The van der Waals surface area contributed by atoms with Gasteiger partial charge in [-0.15, -0.1) is 0 Å². The number of benzene rings is 1. The number of aromatic nitrogens is 2. The van der Waals surface area contributed by atoms with Gasteiger partial charge < -0.3 is 9.84 Å². The number of rotatable bonds is 6. The van der Waals surface area contributed by atoms with E-state index in [0.717, 1.165) is 27.8 Å². The van der Waals surface area contributed by atoms with Crippen molar-refractivity contribution in [3.8, 4) is 0 Å². The summed E-state index contributed by atoms with van der Waals surface area (Å²) in [7, 11) is 3.50. The lowest BCUT2D eigenvalue weighted by molar-refractivity contribution is -0.0368. The van der Waals surface area contributed by atoms with Crippen LogP contribution >= 0.6 is 15.9 Å². The van der Waals surface area contributed by atoms with Crippen molar-refractivity contribution in [2.24, 2.45) is 7.05 Å². The summed E-state index contributed by atoms with van der Waals surface area (Å²) >= 11 is 3.60. The third-order valence-corrected chi connectivity index (χ3v) is 4.57. The molecule has 1 atom stereocenters. The predicted molar refractivity (Wildman–Crippen MR) is 86.2 cm³/mol. The van der Waals surface area contributed by atoms with Gasteiger partial charge in [0.2, 0.25) is 0 Å². The van der Waals surface area contributed by atoms with E-state index >= 15 is 0 Å². The summed E-state index contributed by atoms with van der Waals surface area (Å²) in [5.74, 6) is 0. The minimum absolute atomic E-state index is 0.232. The molecule has 2 rings (SSSR count). The van der Waals surface area contributed by atoms with Crippen LogP contribution in [0.5, 0.6) is 0 Å². The lowest BCUT2D eigenvalue weighted by Crippen LogP contribution is -2.34. The third kappa shape index (κ3) is 3.36. The highest BCUT2D eigenvalue weighted by Gasteiger charge is 2.32. The molecule has 0 aliphatic rings. The summed E-state index contributed by atoms with van der Waals surface area (Å²) in [6.45, 7) is 2.30. The number of aliphatic hydroxyl groups is 1. The first-order valence-electron chi connectivity index (χ1n) is 6.99. The number of nitrogens with zero attached hydrogens (tertiary/aromatic N) is 2. The summed E-state index contributed by atoms with van der Waals surface area (Å²) in [6.07, 6.45) is 1.29. The maximum atomic E-state index is 11.1. The van der Waals surface area contributed by atoms with Gasteiger partial charge >= 0.3 is 0 Å². The minimum atomic E-state index is -1.07. The minimum Gasteiger partial charge on any atom is -0.382 e. The normalized spacial score (nSPS) is 14.1. The van der Waals surface area contributed by atoms with Gasteiger partial charge in [-0.3, -0.25) is 4.68 Å². The number of halogens is 1. The fourth-order valence-electron chi connectivity index (χ4n) is 2.51. The maximum Gasteiger partial charge on any atom is 0.118 e. The van der Waals surface area contributed by atoms with Gasteiger partial charge in [-0.1, -0.05) is 37.3 Å². The van der Waals surface area contributed by atoms with Crippen molar-refractivity contribution in [1.82, 2.24) is 9.78 Å². The fraction of sp³-hybridized carbons (Fsp3) is 0.438. The van der Waals surface area contributed by atoms with E-state index in [0.29, 0.717) is 6.42 Å². The van der Waals surface area contributed by atoms with Crippen LogP contribution in [0.1, 0.15) is 23.9 Å². The number of ether oxygens (including phenoxy) is 1. The number of hydrogen-bond acceptors (Lipinski definition) is 3. The van der Waals surface area contributed by atoms with Gasteiger partial charge in [-0.25, -0.2) is 0 Å². The van der Waals surface area contributed by atoms with Crippen LogP contribution in [0.25, 0.3) is 0 Å². The Balaban J connectivity index is 2.39. The molecule has 21 heavy (non-hydrogen) atoms. The molecule has 1 N–H and O–H groups in total. The molecule has 0 radical (unpaired) electrons. The number of hydrogen-bond donors (Lipinski definition) is 1. The van der Waals surface area contributed by atoms with E-state index in [1.807, 2.05) is 42.1 Å². The molecule has 1 unspecified atom stereocenters. The van der Waals surface area contributed by atoms with Crippen molar-refractivity contribution in [2.45, 2.75) is 25.4 Å². The van der Waals surface area contributed by atoms with E-state index in [2.05, 4.69) is 28.0 Å². The van der Waals surface area contributed by atoms with Crippen LogP contribution in [0.15, 0.2) is 34.8 Å². The fourth-order valence-corrected chi connectivity index (χ4v) is 3.27. The molecule has 0 saturated heterocycles. The average Bonchev–Trinajstić information content (AvgIpc) is 2.76. The maximum absolute atomic E-state index is 11.1. The highest BCUT2D eigenvalue weighted by atomic mass is 79.9. The van der Waals surface area contributed by atoms with E-state index in [4.69, 9.17) is 4.74 Å². The van der Waals surface area contributed by atoms with Crippen molar-refractivity contribution in [3.05, 3.63) is 51.8 Å². The molecule has 1 aromatic carbocycles. The molecule has 0 bridgehead atoms. The second-order valence-electron chi connectivity index (χ2n) is 5.19. The lowest BCUT2D eigenvalue weighted by atomic mass is 9.89. The summed E-state index contributed by atoms with van der Waals surface area (Å²) in [5.41, 5.74) is 1.74. The largest absolute Gasteiger partial charge is 0.382 e. The molecule has 0 spiro atoms. The highest BCUT2D eigenvalue weighted by molar-refractivity contribution is 9.10. The summed E-state index contributed by atoms with van der Waals surface area (Å²) in [4.78, 5) is 0. The van der Waals surface area contributed by atoms with Crippen LogP contribution in [0.4, 0.5) is 0 Å². The van der Waals surface area contributed by atoms with Crippen molar-refractivity contribution in [3.63, 3.8) is 0 Å². The molecule has 1 aromatic heterocycles. The van der Waals surface area contributed by atoms with Crippen LogP contribution in [-0.2, 0) is 30.2 Å². The van der Waals surface area contributed by atoms with Gasteiger partial charge in [-0.2, -0.15) is 5.10 Å². The SMILES string of the molecule is CCc1nn(C)c(CC(O)(COC)c2ccccc2)c1Br. The predicted octanol–water partition coefficient (Wildman–Crippen LogP) is 2.82. The van der Waals surface area contributed by atoms with E-state index in [-0.39, 0.29) is 6.61 Å². The second-order valence-corrected chi connectivity index (χ2v) is 5.98. The summed E-state index contributed by atoms with van der Waals surface area (Å²) in [6, 6.07) is 9.62. The van der Waals surface area contributed by atoms with Crippen LogP contribution in [0.2, 0.25) is 0 Å². The zero-order valence-electron chi connectivity index (χ0n) is 12.6. The molecule has 114 valence electrons.